The van der Waals surface area contributed by atoms with E-state index >= 15 is 0 Å². The van der Waals surface area contributed by atoms with Crippen molar-refractivity contribution >= 4 is 11.1 Å². The Morgan fingerprint density at radius 1 is 0.946 bits per heavy atom. The molecule has 1 unspecified atom stereocenters. The molecule has 0 radical (unpaired) electrons. The maximum atomic E-state index is 2.40. The van der Waals surface area contributed by atoms with Crippen molar-refractivity contribution in [2.75, 3.05) is 0 Å². The van der Waals surface area contributed by atoms with Gasteiger partial charge < -0.3 is 0 Å². The van der Waals surface area contributed by atoms with Crippen molar-refractivity contribution in [1.29, 1.82) is 0 Å². The lowest BCUT2D eigenvalue weighted by Gasteiger charge is -2.16. The second-order valence-electron chi connectivity index (χ2n) is 9.97. The average Bonchev–Trinajstić information content (AvgIpc) is 2.93. The number of hydrogen-bond donors (Lipinski definition) is 0. The summed E-state index contributed by atoms with van der Waals surface area (Å²) in [6, 6.07) is 18.0. The standard InChI is InChI=1S/C35H42.C2H6/c1-6-8-9-14-29(7-2)21-23-30(22-20-27(3)4)32-16-11-18-34(25-32)35-19-12-17-33(26-35)31-15-10-13-28(5)24-31;1-2/h8-19,21-23,25-28H,6-7,20,24H2,1-5H3;1-2H3/b9-8-,23-21+,29-14+,30-22+;. The van der Waals surface area contributed by atoms with Crippen molar-refractivity contribution < 1.29 is 0 Å². The van der Waals surface area contributed by atoms with E-state index in [-0.39, 0.29) is 0 Å². The van der Waals surface area contributed by atoms with E-state index in [0.29, 0.717) is 11.8 Å². The van der Waals surface area contributed by atoms with Crippen LogP contribution >= 0.6 is 0 Å². The Bertz CT molecular complexity index is 1140. The van der Waals surface area contributed by atoms with E-state index in [4.69, 9.17) is 0 Å². The molecule has 0 heteroatoms. The summed E-state index contributed by atoms with van der Waals surface area (Å²) in [7, 11) is 0. The number of rotatable bonds is 10. The van der Waals surface area contributed by atoms with Crippen molar-refractivity contribution in [3.05, 3.63) is 120 Å². The normalized spacial score (nSPS) is 16.3. The third-order valence-electron chi connectivity index (χ3n) is 6.42. The molecule has 0 aromatic heterocycles. The van der Waals surface area contributed by atoms with Crippen molar-refractivity contribution in [3.63, 3.8) is 0 Å². The van der Waals surface area contributed by atoms with Gasteiger partial charge in [-0.3, -0.25) is 0 Å². The van der Waals surface area contributed by atoms with Gasteiger partial charge in [-0.2, -0.15) is 0 Å². The summed E-state index contributed by atoms with van der Waals surface area (Å²) in [5, 5.41) is 0. The number of allylic oxidation sites excluding steroid dienone is 12. The van der Waals surface area contributed by atoms with Gasteiger partial charge in [0, 0.05) is 0 Å². The molecule has 2 aromatic rings. The molecule has 0 fully saturated rings. The molecule has 0 saturated carbocycles. The highest BCUT2D eigenvalue weighted by atomic mass is 14.1. The van der Waals surface area contributed by atoms with E-state index in [9.17, 15) is 0 Å². The fourth-order valence-corrected chi connectivity index (χ4v) is 4.30. The summed E-state index contributed by atoms with van der Waals surface area (Å²) in [4.78, 5) is 0. The number of hydrogen-bond acceptors (Lipinski definition) is 0. The van der Waals surface area contributed by atoms with Gasteiger partial charge in [-0.15, -0.1) is 0 Å². The Morgan fingerprint density at radius 2 is 1.65 bits per heavy atom. The van der Waals surface area contributed by atoms with E-state index in [1.54, 1.807) is 0 Å². The maximum Gasteiger partial charge on any atom is -0.0178 e. The van der Waals surface area contributed by atoms with Crippen LogP contribution in [0.4, 0.5) is 0 Å². The Kier molecular flexibility index (Phi) is 13.5. The quantitative estimate of drug-likeness (QED) is 0.289. The fourth-order valence-electron chi connectivity index (χ4n) is 4.30. The molecule has 0 N–H and O–H groups in total. The minimum absolute atomic E-state index is 0.599. The molecule has 0 nitrogen and oxygen atoms in total. The third kappa shape index (κ3) is 10.0. The maximum absolute atomic E-state index is 2.40. The molecule has 0 saturated heterocycles. The SMILES string of the molecule is CC.CC\C=C/C=C(/C=C/C(=C\CC(C)C)c1cccc(-c2cccc(C3=CC=CC(C)C3)c2)c1)CC. The monoisotopic (exact) mass is 492 g/mol. The third-order valence-corrected chi connectivity index (χ3v) is 6.42. The molecule has 0 spiro atoms. The number of benzene rings is 2. The van der Waals surface area contributed by atoms with E-state index in [0.717, 1.165) is 25.7 Å². The minimum Gasteiger partial charge on any atom is -0.0848 e. The van der Waals surface area contributed by atoms with Gasteiger partial charge in [-0.1, -0.05) is 140 Å². The molecule has 0 amide bonds. The van der Waals surface area contributed by atoms with Gasteiger partial charge in [0.05, 0.1) is 0 Å². The second kappa shape index (κ2) is 16.6. The zero-order valence-electron chi connectivity index (χ0n) is 24.3. The predicted molar refractivity (Wildman–Crippen MR) is 169 cm³/mol. The first-order valence-corrected chi connectivity index (χ1v) is 14.3. The molecule has 0 aliphatic heterocycles. The molecular formula is C37H48. The summed E-state index contributed by atoms with van der Waals surface area (Å²) >= 11 is 0. The molecule has 1 atom stereocenters. The zero-order chi connectivity index (χ0) is 27.0. The highest BCUT2D eigenvalue weighted by Crippen LogP contribution is 2.31. The van der Waals surface area contributed by atoms with Crippen LogP contribution in [0.3, 0.4) is 0 Å². The predicted octanol–water partition coefficient (Wildman–Crippen LogP) is 11.6. The lowest BCUT2D eigenvalue weighted by molar-refractivity contribution is 0.664. The van der Waals surface area contributed by atoms with Gasteiger partial charge >= 0.3 is 0 Å². The highest BCUT2D eigenvalue weighted by molar-refractivity contribution is 5.80. The fraction of sp³-hybridized carbons (Fsp3) is 0.351. The van der Waals surface area contributed by atoms with Gasteiger partial charge in [-0.05, 0) is 88.6 Å². The highest BCUT2D eigenvalue weighted by Gasteiger charge is 2.10. The molecule has 37 heavy (non-hydrogen) atoms. The van der Waals surface area contributed by atoms with Crippen molar-refractivity contribution in [3.8, 4) is 11.1 Å². The van der Waals surface area contributed by atoms with Crippen LogP contribution in [0.1, 0.15) is 85.3 Å². The molecule has 3 rings (SSSR count). The Hall–Kier alpha value is -3.12. The molecular weight excluding hydrogens is 444 g/mol. The van der Waals surface area contributed by atoms with Crippen LogP contribution in [0.25, 0.3) is 22.3 Å². The van der Waals surface area contributed by atoms with E-state index in [1.807, 2.05) is 13.8 Å². The molecule has 2 aromatic carbocycles. The van der Waals surface area contributed by atoms with E-state index < -0.39 is 0 Å². The minimum atomic E-state index is 0.599. The summed E-state index contributed by atoms with van der Waals surface area (Å²) in [6.07, 6.45) is 24.6. The van der Waals surface area contributed by atoms with Gasteiger partial charge in [0.1, 0.15) is 0 Å². The molecule has 1 aliphatic carbocycles. The van der Waals surface area contributed by atoms with Crippen molar-refractivity contribution in [2.45, 2.75) is 74.1 Å². The van der Waals surface area contributed by atoms with Crippen molar-refractivity contribution in [1.82, 2.24) is 0 Å². The largest absolute Gasteiger partial charge is 0.0848 e. The summed E-state index contributed by atoms with van der Waals surface area (Å²) < 4.78 is 0. The molecule has 0 heterocycles. The van der Waals surface area contributed by atoms with Crippen LogP contribution in [0, 0.1) is 11.8 Å². The van der Waals surface area contributed by atoms with Crippen LogP contribution < -0.4 is 0 Å². The topological polar surface area (TPSA) is 0 Å². The summed E-state index contributed by atoms with van der Waals surface area (Å²) in [5.74, 6) is 1.23. The Morgan fingerprint density at radius 3 is 2.32 bits per heavy atom. The average molecular weight is 493 g/mol. The van der Waals surface area contributed by atoms with Crippen molar-refractivity contribution in [2.24, 2.45) is 11.8 Å². The first-order valence-electron chi connectivity index (χ1n) is 14.3. The Balaban J connectivity index is 0.00000235. The molecule has 196 valence electrons. The second-order valence-corrected chi connectivity index (χ2v) is 9.97. The van der Waals surface area contributed by atoms with Crippen LogP contribution in [0.2, 0.25) is 0 Å². The first-order chi connectivity index (χ1) is 18.0. The van der Waals surface area contributed by atoms with Gasteiger partial charge in [0.2, 0.25) is 0 Å². The van der Waals surface area contributed by atoms with Gasteiger partial charge in [0.25, 0.3) is 0 Å². The van der Waals surface area contributed by atoms with Crippen LogP contribution in [-0.2, 0) is 0 Å². The van der Waals surface area contributed by atoms with Crippen LogP contribution in [0.5, 0.6) is 0 Å². The van der Waals surface area contributed by atoms with Crippen LogP contribution in [-0.4, -0.2) is 0 Å². The van der Waals surface area contributed by atoms with E-state index in [2.05, 4.69) is 138 Å². The Labute approximate surface area is 227 Å². The van der Waals surface area contributed by atoms with Crippen LogP contribution in [0.15, 0.2) is 109 Å². The molecule has 0 bridgehead atoms. The lowest BCUT2D eigenvalue weighted by atomic mass is 9.89. The summed E-state index contributed by atoms with van der Waals surface area (Å²) in [5.41, 5.74) is 9.22. The van der Waals surface area contributed by atoms with E-state index in [1.165, 1.54) is 39.0 Å². The lowest BCUT2D eigenvalue weighted by Crippen LogP contribution is -1.97. The van der Waals surface area contributed by atoms with Gasteiger partial charge in [-0.25, -0.2) is 0 Å². The smallest absolute Gasteiger partial charge is 0.0178 e. The van der Waals surface area contributed by atoms with Gasteiger partial charge in [0.15, 0.2) is 0 Å². The molecule has 1 aliphatic rings. The zero-order valence-corrected chi connectivity index (χ0v) is 24.3. The first kappa shape index (κ1) is 30.1. The summed E-state index contributed by atoms with van der Waals surface area (Å²) in [6.45, 7) is 15.2.